The van der Waals surface area contributed by atoms with Gasteiger partial charge < -0.3 is 4.72 Å². The Balaban J connectivity index is 2.25. The van der Waals surface area contributed by atoms with E-state index in [1.54, 1.807) is 23.5 Å². The van der Waals surface area contributed by atoms with E-state index in [-0.39, 0.29) is 0 Å². The zero-order valence-corrected chi connectivity index (χ0v) is 18.9. The molecule has 2 aromatic carbocycles. The molecule has 4 nitrogen and oxygen atoms in total. The normalized spacial score (nSPS) is 11.7. The average molecular weight is 413 g/mol. The molecule has 29 heavy (non-hydrogen) atoms. The summed E-state index contributed by atoms with van der Waals surface area (Å²) in [6.07, 6.45) is 2.94. The topological polar surface area (TPSA) is 61.4 Å². The monoisotopic (exact) mass is 412 g/mol. The second-order valence-electron chi connectivity index (χ2n) is 8.13. The Morgan fingerprint density at radius 1 is 0.931 bits per heavy atom. The van der Waals surface area contributed by atoms with Gasteiger partial charge in [-0.2, -0.15) is 0 Å². The molecular weight excluding hydrogens is 380 g/mol. The van der Waals surface area contributed by atoms with Crippen molar-refractivity contribution in [3.8, 4) is 0 Å². The molecule has 0 aliphatic rings. The number of benzene rings is 2. The zero-order valence-electron chi connectivity index (χ0n) is 18.1. The summed E-state index contributed by atoms with van der Waals surface area (Å²) in [5.41, 5.74) is 7.62. The Hall–Kier alpha value is -2.24. The molecule has 0 bridgehead atoms. The van der Waals surface area contributed by atoms with Crippen LogP contribution in [0.15, 0.2) is 47.4 Å². The standard InChI is InChI=1S/C24H32N2O2S/c1-15(2)19-13-21(16(3)4)24(22(14-19)17(5)6)29-26-20-10-7-18(8-11-20)9-12-23(27)25-28/h7-17,26,28H,1-6H3,(H,25,27)/b12-9+. The Kier molecular flexibility index (Phi) is 8.35. The lowest BCUT2D eigenvalue weighted by molar-refractivity contribution is -0.124. The fourth-order valence-corrected chi connectivity index (χ4v) is 4.17. The third-order valence-corrected chi connectivity index (χ3v) is 5.81. The summed E-state index contributed by atoms with van der Waals surface area (Å²) in [6, 6.07) is 12.5. The molecular formula is C24H32N2O2S. The molecule has 0 aromatic heterocycles. The van der Waals surface area contributed by atoms with E-state index in [1.807, 2.05) is 24.3 Å². The van der Waals surface area contributed by atoms with Gasteiger partial charge in [-0.1, -0.05) is 65.8 Å². The fourth-order valence-electron chi connectivity index (χ4n) is 2.99. The van der Waals surface area contributed by atoms with Crippen LogP contribution in [0.5, 0.6) is 0 Å². The molecule has 2 aromatic rings. The van der Waals surface area contributed by atoms with Gasteiger partial charge in [0, 0.05) is 16.7 Å². The fraction of sp³-hybridized carbons (Fsp3) is 0.375. The Labute approximate surface area is 178 Å². The van der Waals surface area contributed by atoms with Crippen molar-refractivity contribution in [2.75, 3.05) is 4.72 Å². The summed E-state index contributed by atoms with van der Waals surface area (Å²) < 4.78 is 3.48. The molecule has 5 heteroatoms. The first kappa shape index (κ1) is 23.0. The molecule has 0 aliphatic heterocycles. The second kappa shape index (κ2) is 10.5. The van der Waals surface area contributed by atoms with E-state index in [0.29, 0.717) is 17.8 Å². The van der Waals surface area contributed by atoms with Crippen molar-refractivity contribution in [3.05, 3.63) is 64.7 Å². The smallest absolute Gasteiger partial charge is 0.267 e. The van der Waals surface area contributed by atoms with Crippen molar-refractivity contribution in [2.24, 2.45) is 0 Å². The van der Waals surface area contributed by atoms with Gasteiger partial charge in [-0.15, -0.1) is 0 Å². The molecule has 156 valence electrons. The number of amides is 1. The third-order valence-electron chi connectivity index (χ3n) is 4.80. The van der Waals surface area contributed by atoms with E-state index in [4.69, 9.17) is 5.21 Å². The van der Waals surface area contributed by atoms with Gasteiger partial charge in [-0.05, 0) is 70.2 Å². The van der Waals surface area contributed by atoms with Crippen LogP contribution < -0.4 is 10.2 Å². The van der Waals surface area contributed by atoms with Crippen LogP contribution in [0.1, 0.15) is 81.5 Å². The van der Waals surface area contributed by atoms with Crippen LogP contribution in [-0.2, 0) is 4.79 Å². The van der Waals surface area contributed by atoms with E-state index in [0.717, 1.165) is 11.3 Å². The van der Waals surface area contributed by atoms with Gasteiger partial charge in [0.1, 0.15) is 0 Å². The maximum Gasteiger partial charge on any atom is 0.267 e. The third kappa shape index (κ3) is 6.38. The van der Waals surface area contributed by atoms with Gasteiger partial charge in [0.2, 0.25) is 0 Å². The number of nitrogens with one attached hydrogen (secondary N) is 2. The van der Waals surface area contributed by atoms with Crippen LogP contribution in [0, 0.1) is 0 Å². The van der Waals surface area contributed by atoms with Gasteiger partial charge in [-0.3, -0.25) is 10.0 Å². The number of carbonyl (C=O) groups excluding carboxylic acids is 1. The van der Waals surface area contributed by atoms with Crippen LogP contribution in [0.3, 0.4) is 0 Å². The minimum Gasteiger partial charge on any atom is -0.326 e. The van der Waals surface area contributed by atoms with Crippen molar-refractivity contribution in [1.29, 1.82) is 0 Å². The lowest BCUT2D eigenvalue weighted by atomic mass is 9.89. The highest BCUT2D eigenvalue weighted by Gasteiger charge is 2.17. The van der Waals surface area contributed by atoms with Crippen molar-refractivity contribution in [3.63, 3.8) is 0 Å². The van der Waals surface area contributed by atoms with Gasteiger partial charge in [0.25, 0.3) is 5.91 Å². The van der Waals surface area contributed by atoms with Crippen LogP contribution in [0.4, 0.5) is 5.69 Å². The summed E-state index contributed by atoms with van der Waals surface area (Å²) in [4.78, 5) is 12.4. The number of hydrogen-bond acceptors (Lipinski definition) is 4. The first-order valence-electron chi connectivity index (χ1n) is 10.1. The van der Waals surface area contributed by atoms with Gasteiger partial charge in [-0.25, -0.2) is 5.48 Å². The first-order valence-corrected chi connectivity index (χ1v) is 10.9. The van der Waals surface area contributed by atoms with E-state index in [2.05, 4.69) is 58.4 Å². The van der Waals surface area contributed by atoms with E-state index >= 15 is 0 Å². The van der Waals surface area contributed by atoms with Crippen LogP contribution in [0.25, 0.3) is 6.08 Å². The number of carbonyl (C=O) groups is 1. The molecule has 3 N–H and O–H groups in total. The Morgan fingerprint density at radius 2 is 1.48 bits per heavy atom. The summed E-state index contributed by atoms with van der Waals surface area (Å²) in [7, 11) is 0. The predicted octanol–water partition coefficient (Wildman–Crippen LogP) is 6.69. The van der Waals surface area contributed by atoms with Crippen molar-refractivity contribution in [2.45, 2.75) is 64.2 Å². The molecule has 0 atom stereocenters. The molecule has 0 fully saturated rings. The molecule has 2 rings (SSSR count). The highest BCUT2D eigenvalue weighted by Crippen LogP contribution is 2.38. The SMILES string of the molecule is CC(C)c1cc(C(C)C)c(SNc2ccc(/C=C/C(=O)NO)cc2)c(C(C)C)c1. The highest BCUT2D eigenvalue weighted by atomic mass is 32.2. The average Bonchev–Trinajstić information content (AvgIpc) is 2.70. The summed E-state index contributed by atoms with van der Waals surface area (Å²) in [6.45, 7) is 13.5. The van der Waals surface area contributed by atoms with Crippen LogP contribution >= 0.6 is 11.9 Å². The highest BCUT2D eigenvalue weighted by molar-refractivity contribution is 8.00. The molecule has 0 heterocycles. The number of anilines is 1. The zero-order chi connectivity index (χ0) is 21.6. The van der Waals surface area contributed by atoms with Gasteiger partial charge in [0.15, 0.2) is 0 Å². The number of hydrogen-bond donors (Lipinski definition) is 3. The number of hydroxylamine groups is 1. The van der Waals surface area contributed by atoms with Crippen molar-refractivity contribution >= 4 is 29.6 Å². The Morgan fingerprint density at radius 3 is 1.93 bits per heavy atom. The summed E-state index contributed by atoms with van der Waals surface area (Å²) in [5, 5.41) is 8.54. The molecule has 0 saturated heterocycles. The molecule has 0 aliphatic carbocycles. The maximum atomic E-state index is 11.1. The first-order chi connectivity index (χ1) is 13.7. The molecule has 1 amide bonds. The Bertz CT molecular complexity index is 827. The molecule has 0 spiro atoms. The summed E-state index contributed by atoms with van der Waals surface area (Å²) >= 11 is 1.67. The summed E-state index contributed by atoms with van der Waals surface area (Å²) in [5.74, 6) is 0.849. The quantitative estimate of drug-likeness (QED) is 0.195. The second-order valence-corrected chi connectivity index (χ2v) is 8.94. The van der Waals surface area contributed by atoms with Crippen LogP contribution in [0.2, 0.25) is 0 Å². The minimum atomic E-state index is -0.546. The molecule has 0 unspecified atom stereocenters. The van der Waals surface area contributed by atoms with Gasteiger partial charge in [0.05, 0.1) is 0 Å². The largest absolute Gasteiger partial charge is 0.326 e. The predicted molar refractivity (Wildman–Crippen MR) is 124 cm³/mol. The van der Waals surface area contributed by atoms with Crippen molar-refractivity contribution in [1.82, 2.24) is 5.48 Å². The number of rotatable bonds is 8. The minimum absolute atomic E-state index is 0.445. The van der Waals surface area contributed by atoms with Crippen molar-refractivity contribution < 1.29 is 10.0 Å². The molecule has 0 radical (unpaired) electrons. The molecule has 0 saturated carbocycles. The van der Waals surface area contributed by atoms with E-state index in [1.165, 1.54) is 27.7 Å². The lowest BCUT2D eigenvalue weighted by Gasteiger charge is -2.22. The van der Waals surface area contributed by atoms with Crippen LogP contribution in [-0.4, -0.2) is 11.1 Å². The van der Waals surface area contributed by atoms with E-state index < -0.39 is 5.91 Å². The van der Waals surface area contributed by atoms with Gasteiger partial charge >= 0.3 is 0 Å². The van der Waals surface area contributed by atoms with E-state index in [9.17, 15) is 4.79 Å². The lowest BCUT2D eigenvalue weighted by Crippen LogP contribution is -2.14. The maximum absolute atomic E-state index is 11.1.